The fraction of sp³-hybridized carbons (Fsp3) is 0.458. The van der Waals surface area contributed by atoms with Crippen molar-refractivity contribution in [3.05, 3.63) is 45.7 Å². The van der Waals surface area contributed by atoms with Gasteiger partial charge in [0.05, 0.1) is 5.56 Å². The molecule has 0 heterocycles. The van der Waals surface area contributed by atoms with Gasteiger partial charge in [-0.05, 0) is 49.7 Å². The number of benzene rings is 1. The van der Waals surface area contributed by atoms with Crippen LogP contribution in [0.15, 0.2) is 29.0 Å². The Bertz CT molecular complexity index is 1110. The molecule has 0 aromatic heterocycles. The summed E-state index contributed by atoms with van der Waals surface area (Å²) >= 11 is 0. The van der Waals surface area contributed by atoms with E-state index < -0.39 is 57.8 Å². The van der Waals surface area contributed by atoms with E-state index in [0.717, 1.165) is 6.92 Å². The van der Waals surface area contributed by atoms with Crippen molar-refractivity contribution in [3.63, 3.8) is 0 Å². The minimum atomic E-state index is -2.49. The van der Waals surface area contributed by atoms with Gasteiger partial charge >= 0.3 is 0 Å². The maximum atomic E-state index is 13.6. The molecule has 1 fully saturated rings. The number of carbonyl (C=O) groups is 3. The number of aryl methyl sites for hydroxylation is 1. The number of aliphatic hydroxyl groups excluding tert-OH is 2. The third kappa shape index (κ3) is 2.65. The molecular formula is C24H26O7. The van der Waals surface area contributed by atoms with Gasteiger partial charge in [-0.1, -0.05) is 26.0 Å². The smallest absolute Gasteiger partial charge is 0.202 e. The van der Waals surface area contributed by atoms with Gasteiger partial charge in [0.2, 0.25) is 5.78 Å². The largest absolute Gasteiger partial charge is 0.508 e. The predicted molar refractivity (Wildman–Crippen MR) is 111 cm³/mol. The highest BCUT2D eigenvalue weighted by atomic mass is 16.3. The molecule has 3 aliphatic rings. The van der Waals surface area contributed by atoms with Gasteiger partial charge in [0.15, 0.2) is 17.2 Å². The SMILES string of the molecule is CC(=O)C1=C(O)[C@]2(O)C(=O)C3=C(O)c4c(ccc(C)c4O)C[C@@H]3C[C@@H]2C(C(C)C)C1=O. The quantitative estimate of drug-likeness (QED) is 0.535. The van der Waals surface area contributed by atoms with Crippen LogP contribution in [0.25, 0.3) is 5.76 Å². The first-order chi connectivity index (χ1) is 14.4. The first-order valence-electron chi connectivity index (χ1n) is 10.4. The fourth-order valence-electron chi connectivity index (χ4n) is 5.67. The second-order valence-corrected chi connectivity index (χ2v) is 9.28. The highest BCUT2D eigenvalue weighted by Gasteiger charge is 2.63. The van der Waals surface area contributed by atoms with E-state index in [4.69, 9.17) is 0 Å². The predicted octanol–water partition coefficient (Wildman–Crippen LogP) is 2.72. The van der Waals surface area contributed by atoms with Crippen molar-refractivity contribution < 1.29 is 34.8 Å². The molecule has 1 aromatic rings. The minimum absolute atomic E-state index is 0.0848. The summed E-state index contributed by atoms with van der Waals surface area (Å²) in [5.41, 5.74) is -1.79. The summed E-state index contributed by atoms with van der Waals surface area (Å²) in [5, 5.41) is 43.8. The Balaban J connectivity index is 1.98. The summed E-state index contributed by atoms with van der Waals surface area (Å²) in [5.74, 6) is -6.28. The van der Waals surface area contributed by atoms with Crippen molar-refractivity contribution in [3.8, 4) is 5.75 Å². The van der Waals surface area contributed by atoms with E-state index in [1.807, 2.05) is 0 Å². The molecule has 4 atom stereocenters. The van der Waals surface area contributed by atoms with Crippen LogP contribution in [0, 0.1) is 30.6 Å². The van der Waals surface area contributed by atoms with Crippen molar-refractivity contribution in [2.75, 3.05) is 0 Å². The molecular weight excluding hydrogens is 400 g/mol. The molecule has 0 spiro atoms. The van der Waals surface area contributed by atoms with Crippen molar-refractivity contribution in [1.82, 2.24) is 0 Å². The number of rotatable bonds is 2. The molecule has 1 unspecified atom stereocenters. The molecule has 0 bridgehead atoms. The van der Waals surface area contributed by atoms with Gasteiger partial charge < -0.3 is 20.4 Å². The summed E-state index contributed by atoms with van der Waals surface area (Å²) < 4.78 is 0. The zero-order chi connectivity index (χ0) is 23.0. The average Bonchev–Trinajstić information content (AvgIpc) is 2.67. The van der Waals surface area contributed by atoms with Crippen LogP contribution >= 0.6 is 0 Å². The topological polar surface area (TPSA) is 132 Å². The summed E-state index contributed by atoms with van der Waals surface area (Å²) in [6.07, 6.45) is 0.503. The lowest BCUT2D eigenvalue weighted by atomic mass is 9.54. The molecule has 7 nitrogen and oxygen atoms in total. The Kier molecular flexibility index (Phi) is 4.66. The summed E-state index contributed by atoms with van der Waals surface area (Å²) in [6.45, 7) is 6.31. The highest BCUT2D eigenvalue weighted by molar-refractivity contribution is 6.24. The fourth-order valence-corrected chi connectivity index (χ4v) is 5.67. The Morgan fingerprint density at radius 1 is 1.16 bits per heavy atom. The van der Waals surface area contributed by atoms with Crippen LogP contribution in [0.2, 0.25) is 0 Å². The Morgan fingerprint density at radius 3 is 2.39 bits per heavy atom. The van der Waals surface area contributed by atoms with Crippen LogP contribution in [0.5, 0.6) is 5.75 Å². The van der Waals surface area contributed by atoms with Gasteiger partial charge in [0, 0.05) is 17.4 Å². The number of phenols is 1. The minimum Gasteiger partial charge on any atom is -0.508 e. The summed E-state index contributed by atoms with van der Waals surface area (Å²) in [7, 11) is 0. The van der Waals surface area contributed by atoms with E-state index in [1.165, 1.54) is 0 Å². The number of carbonyl (C=O) groups excluding carboxylic acids is 3. The first-order valence-corrected chi connectivity index (χ1v) is 10.4. The number of phenolic OH excluding ortho intramolecular Hbond substituents is 1. The lowest BCUT2D eigenvalue weighted by Crippen LogP contribution is -2.61. The molecule has 0 aliphatic heterocycles. The molecule has 1 saturated carbocycles. The third-order valence-electron chi connectivity index (χ3n) is 7.15. The second-order valence-electron chi connectivity index (χ2n) is 9.28. The monoisotopic (exact) mass is 426 g/mol. The van der Waals surface area contributed by atoms with Gasteiger partial charge in [-0.3, -0.25) is 14.4 Å². The molecule has 0 amide bonds. The van der Waals surface area contributed by atoms with Gasteiger partial charge in [-0.25, -0.2) is 0 Å². The van der Waals surface area contributed by atoms with Crippen LogP contribution in [0.1, 0.15) is 43.9 Å². The van der Waals surface area contributed by atoms with E-state index in [1.54, 1.807) is 32.9 Å². The van der Waals surface area contributed by atoms with Crippen LogP contribution < -0.4 is 0 Å². The maximum Gasteiger partial charge on any atom is 0.202 e. The van der Waals surface area contributed by atoms with Gasteiger partial charge in [0.1, 0.15) is 22.8 Å². The number of aromatic hydroxyl groups is 1. The number of hydrogen-bond donors (Lipinski definition) is 4. The number of Topliss-reactive ketones (excluding diaryl/α,β-unsaturated/α-hetero) is 3. The second kappa shape index (κ2) is 6.79. The molecule has 0 radical (unpaired) electrons. The van der Waals surface area contributed by atoms with E-state index in [2.05, 4.69) is 0 Å². The third-order valence-corrected chi connectivity index (χ3v) is 7.15. The van der Waals surface area contributed by atoms with E-state index in [-0.39, 0.29) is 29.2 Å². The zero-order valence-corrected chi connectivity index (χ0v) is 17.9. The maximum absolute atomic E-state index is 13.6. The molecule has 0 saturated heterocycles. The number of ketones is 3. The van der Waals surface area contributed by atoms with Crippen LogP contribution in [0.4, 0.5) is 0 Å². The Hall–Kier alpha value is -2.93. The number of hydrogen-bond acceptors (Lipinski definition) is 7. The number of aliphatic hydroxyl groups is 3. The van der Waals surface area contributed by atoms with Crippen LogP contribution in [-0.4, -0.2) is 43.4 Å². The average molecular weight is 426 g/mol. The molecule has 1 aromatic carbocycles. The Labute approximate surface area is 179 Å². The van der Waals surface area contributed by atoms with Gasteiger partial charge in [0.25, 0.3) is 0 Å². The lowest BCUT2D eigenvalue weighted by molar-refractivity contribution is -0.155. The van der Waals surface area contributed by atoms with E-state index in [0.29, 0.717) is 17.5 Å². The Morgan fingerprint density at radius 2 is 1.81 bits per heavy atom. The van der Waals surface area contributed by atoms with Gasteiger partial charge in [-0.2, -0.15) is 0 Å². The standard InChI is InChI=1S/C24H26O7/c1-9(2)15-14-8-13-7-12-6-5-10(3)19(26)17(12)21(28)18(13)23(30)24(14,31)22(29)16(11(4)25)20(15)27/h5-6,9,13-15,26,28-29,31H,7-8H2,1-4H3/t13-,14-,15?,24+/m1/s1. The van der Waals surface area contributed by atoms with Gasteiger partial charge in [-0.15, -0.1) is 0 Å². The lowest BCUT2D eigenvalue weighted by Gasteiger charge is -2.50. The molecule has 4 rings (SSSR count). The van der Waals surface area contributed by atoms with Crippen molar-refractivity contribution in [2.24, 2.45) is 23.7 Å². The molecule has 7 heteroatoms. The van der Waals surface area contributed by atoms with Crippen LogP contribution in [0.3, 0.4) is 0 Å². The van der Waals surface area contributed by atoms with Crippen LogP contribution in [-0.2, 0) is 20.8 Å². The molecule has 3 aliphatic carbocycles. The molecule has 4 N–H and O–H groups in total. The zero-order valence-electron chi connectivity index (χ0n) is 17.9. The number of fused-ring (bicyclic) bond motifs is 3. The van der Waals surface area contributed by atoms with E-state index in [9.17, 15) is 34.8 Å². The van der Waals surface area contributed by atoms with Crippen molar-refractivity contribution in [2.45, 2.75) is 46.1 Å². The summed E-state index contributed by atoms with van der Waals surface area (Å²) in [6, 6.07) is 3.50. The summed E-state index contributed by atoms with van der Waals surface area (Å²) in [4.78, 5) is 38.8. The van der Waals surface area contributed by atoms with Crippen molar-refractivity contribution in [1.29, 1.82) is 0 Å². The first kappa shape index (κ1) is 21.3. The van der Waals surface area contributed by atoms with Crippen molar-refractivity contribution >= 4 is 23.1 Å². The normalized spacial score (nSPS) is 30.3. The number of allylic oxidation sites excluding steroid dienone is 1. The molecule has 164 valence electrons. The molecule has 31 heavy (non-hydrogen) atoms. The van der Waals surface area contributed by atoms with E-state index >= 15 is 0 Å². The highest BCUT2D eigenvalue weighted by Crippen LogP contribution is 2.54.